The van der Waals surface area contributed by atoms with Crippen LogP contribution in [0.25, 0.3) is 0 Å². The van der Waals surface area contributed by atoms with Gasteiger partial charge in [-0.1, -0.05) is 6.07 Å². The molecule has 1 aromatic heterocycles. The van der Waals surface area contributed by atoms with Crippen molar-refractivity contribution in [2.75, 3.05) is 13.6 Å². The highest BCUT2D eigenvalue weighted by atomic mass is 32.1. The van der Waals surface area contributed by atoms with Crippen LogP contribution in [-0.2, 0) is 6.42 Å². The number of hydrogen-bond acceptors (Lipinski definition) is 2. The summed E-state index contributed by atoms with van der Waals surface area (Å²) in [5.74, 6) is 0. The molecule has 0 amide bonds. The molecule has 66 valence electrons. The molecule has 0 fully saturated rings. The molecule has 0 saturated heterocycles. The van der Waals surface area contributed by atoms with Gasteiger partial charge in [-0.15, -0.1) is 11.3 Å². The lowest BCUT2D eigenvalue weighted by molar-refractivity contribution is 0.514. The highest BCUT2D eigenvalue weighted by molar-refractivity contribution is 7.80. The van der Waals surface area contributed by atoms with Crippen molar-refractivity contribution < 1.29 is 0 Å². The number of nitrogens with zero attached hydrogens (tertiary/aromatic N) is 1. The zero-order valence-corrected chi connectivity index (χ0v) is 8.62. The molecule has 2 N–H and O–H groups in total. The van der Waals surface area contributed by atoms with E-state index in [1.165, 1.54) is 4.88 Å². The second-order valence-corrected chi connectivity index (χ2v) is 4.04. The molecule has 0 saturated carbocycles. The summed E-state index contributed by atoms with van der Waals surface area (Å²) in [7, 11) is 1.91. The number of thiocarbonyl (C=S) groups is 1. The van der Waals surface area contributed by atoms with Crippen molar-refractivity contribution in [3.8, 4) is 0 Å². The Balaban J connectivity index is 2.31. The van der Waals surface area contributed by atoms with E-state index in [9.17, 15) is 0 Å². The van der Waals surface area contributed by atoms with Crippen LogP contribution < -0.4 is 5.73 Å². The van der Waals surface area contributed by atoms with Gasteiger partial charge in [0.15, 0.2) is 5.11 Å². The second-order valence-electron chi connectivity index (χ2n) is 2.59. The lowest BCUT2D eigenvalue weighted by Crippen LogP contribution is -2.33. The summed E-state index contributed by atoms with van der Waals surface area (Å²) in [6.45, 7) is 0.899. The molecule has 0 aliphatic rings. The molecule has 1 heterocycles. The van der Waals surface area contributed by atoms with Gasteiger partial charge in [0.05, 0.1) is 0 Å². The molecule has 0 aromatic carbocycles. The fourth-order valence-electron chi connectivity index (χ4n) is 0.843. The molecular weight excluding hydrogens is 188 g/mol. The number of thiophene rings is 1. The highest BCUT2D eigenvalue weighted by Crippen LogP contribution is 2.09. The zero-order valence-electron chi connectivity index (χ0n) is 6.99. The molecule has 0 unspecified atom stereocenters. The van der Waals surface area contributed by atoms with Crippen molar-refractivity contribution in [1.29, 1.82) is 0 Å². The highest BCUT2D eigenvalue weighted by Gasteiger charge is 1.99. The number of hydrogen-bond donors (Lipinski definition) is 1. The van der Waals surface area contributed by atoms with Crippen molar-refractivity contribution in [3.05, 3.63) is 22.4 Å². The van der Waals surface area contributed by atoms with Gasteiger partial charge in [0.25, 0.3) is 0 Å². The van der Waals surface area contributed by atoms with Crippen LogP contribution in [0.4, 0.5) is 0 Å². The molecule has 0 aliphatic heterocycles. The molecule has 0 radical (unpaired) electrons. The smallest absolute Gasteiger partial charge is 0.166 e. The Morgan fingerprint density at radius 1 is 1.75 bits per heavy atom. The Hall–Kier alpha value is -0.610. The SMILES string of the molecule is CN(CCc1cccs1)C(N)=S. The van der Waals surface area contributed by atoms with Crippen molar-refractivity contribution in [1.82, 2.24) is 4.90 Å². The van der Waals surface area contributed by atoms with Crippen LogP contribution in [0.1, 0.15) is 4.88 Å². The topological polar surface area (TPSA) is 29.3 Å². The van der Waals surface area contributed by atoms with Crippen molar-refractivity contribution in [2.45, 2.75) is 6.42 Å². The van der Waals surface area contributed by atoms with Gasteiger partial charge in [-0.25, -0.2) is 0 Å². The quantitative estimate of drug-likeness (QED) is 0.749. The van der Waals surface area contributed by atoms with E-state index >= 15 is 0 Å². The molecule has 1 aromatic rings. The third-order valence-corrected chi connectivity index (χ3v) is 2.90. The Labute approximate surface area is 82.0 Å². The minimum absolute atomic E-state index is 0.464. The zero-order chi connectivity index (χ0) is 8.97. The van der Waals surface area contributed by atoms with Crippen molar-refractivity contribution in [2.24, 2.45) is 5.73 Å². The minimum atomic E-state index is 0.464. The summed E-state index contributed by atoms with van der Waals surface area (Å²) in [5.41, 5.74) is 5.44. The van der Waals surface area contributed by atoms with Crippen LogP contribution in [0.3, 0.4) is 0 Å². The number of likely N-dealkylation sites (N-methyl/N-ethyl adjacent to an activating group) is 1. The van der Waals surface area contributed by atoms with Gasteiger partial charge in [-0.2, -0.15) is 0 Å². The van der Waals surface area contributed by atoms with Gasteiger partial charge in [-0.05, 0) is 30.1 Å². The van der Waals surface area contributed by atoms with E-state index in [2.05, 4.69) is 17.5 Å². The predicted molar refractivity (Wildman–Crippen MR) is 57.4 cm³/mol. The van der Waals surface area contributed by atoms with Gasteiger partial charge in [0.1, 0.15) is 0 Å². The van der Waals surface area contributed by atoms with Crippen LogP contribution in [0, 0.1) is 0 Å². The fourth-order valence-corrected chi connectivity index (χ4v) is 1.63. The molecule has 0 spiro atoms. The molecular formula is C8H12N2S2. The molecule has 1 rings (SSSR count). The Kier molecular flexibility index (Phi) is 3.49. The Bertz CT molecular complexity index is 244. The molecule has 4 heteroatoms. The fraction of sp³-hybridized carbons (Fsp3) is 0.375. The third-order valence-electron chi connectivity index (χ3n) is 1.65. The maximum Gasteiger partial charge on any atom is 0.166 e. The van der Waals surface area contributed by atoms with E-state index in [4.69, 9.17) is 18.0 Å². The largest absolute Gasteiger partial charge is 0.376 e. The van der Waals surface area contributed by atoms with Crippen LogP contribution in [0.2, 0.25) is 0 Å². The molecule has 2 nitrogen and oxygen atoms in total. The second kappa shape index (κ2) is 4.42. The van der Waals surface area contributed by atoms with Crippen LogP contribution in [-0.4, -0.2) is 23.6 Å². The third kappa shape index (κ3) is 2.79. The van der Waals surface area contributed by atoms with Crippen molar-refractivity contribution >= 4 is 28.7 Å². The van der Waals surface area contributed by atoms with E-state index in [0.29, 0.717) is 5.11 Å². The van der Waals surface area contributed by atoms with Crippen LogP contribution in [0.5, 0.6) is 0 Å². The van der Waals surface area contributed by atoms with Crippen molar-refractivity contribution in [3.63, 3.8) is 0 Å². The van der Waals surface area contributed by atoms with E-state index in [0.717, 1.165) is 13.0 Å². The molecule has 0 aliphatic carbocycles. The number of rotatable bonds is 3. The monoisotopic (exact) mass is 200 g/mol. The van der Waals surface area contributed by atoms with Gasteiger partial charge in [0, 0.05) is 18.5 Å². The summed E-state index contributed by atoms with van der Waals surface area (Å²) < 4.78 is 0. The normalized spacial score (nSPS) is 9.75. The van der Waals surface area contributed by atoms with Gasteiger partial charge < -0.3 is 10.6 Å². The van der Waals surface area contributed by atoms with Gasteiger partial charge in [-0.3, -0.25) is 0 Å². The first-order valence-electron chi connectivity index (χ1n) is 3.73. The van der Waals surface area contributed by atoms with Gasteiger partial charge >= 0.3 is 0 Å². The van der Waals surface area contributed by atoms with E-state index in [-0.39, 0.29) is 0 Å². The summed E-state index contributed by atoms with van der Waals surface area (Å²) in [5, 5.41) is 2.54. The average Bonchev–Trinajstić information content (AvgIpc) is 2.51. The van der Waals surface area contributed by atoms with Crippen LogP contribution >= 0.6 is 23.6 Å². The summed E-state index contributed by atoms with van der Waals surface area (Å²) >= 11 is 6.59. The maximum absolute atomic E-state index is 5.44. The van der Waals surface area contributed by atoms with Crippen LogP contribution in [0.15, 0.2) is 17.5 Å². The molecule has 12 heavy (non-hydrogen) atoms. The lowest BCUT2D eigenvalue weighted by Gasteiger charge is -2.15. The first-order chi connectivity index (χ1) is 5.70. The Morgan fingerprint density at radius 2 is 2.50 bits per heavy atom. The van der Waals surface area contributed by atoms with Gasteiger partial charge in [0.2, 0.25) is 0 Å². The maximum atomic E-state index is 5.44. The minimum Gasteiger partial charge on any atom is -0.376 e. The van der Waals surface area contributed by atoms with E-state index in [1.807, 2.05) is 11.9 Å². The predicted octanol–water partition coefficient (Wildman–Crippen LogP) is 1.47. The lowest BCUT2D eigenvalue weighted by atomic mass is 10.3. The summed E-state index contributed by atoms with van der Waals surface area (Å²) in [6, 6.07) is 4.18. The van der Waals surface area contributed by atoms with E-state index in [1.54, 1.807) is 11.3 Å². The standard InChI is InChI=1S/C8H12N2S2/c1-10(8(9)11)5-4-7-3-2-6-12-7/h2-3,6H,4-5H2,1H3,(H2,9,11). The summed E-state index contributed by atoms with van der Waals surface area (Å²) in [6.07, 6.45) is 1.02. The first-order valence-corrected chi connectivity index (χ1v) is 5.02. The van der Waals surface area contributed by atoms with E-state index < -0.39 is 0 Å². The number of nitrogens with two attached hydrogens (primary N) is 1. The molecule has 0 bridgehead atoms. The first kappa shape index (κ1) is 9.48. The average molecular weight is 200 g/mol. The Morgan fingerprint density at radius 3 is 3.00 bits per heavy atom. The molecule has 0 atom stereocenters. The summed E-state index contributed by atoms with van der Waals surface area (Å²) in [4.78, 5) is 3.26.